The Kier molecular flexibility index (Phi) is 7.07. The fraction of sp³-hybridized carbons (Fsp3) is 0.647. The number of thiophene rings is 1. The van der Waals surface area contributed by atoms with Crippen LogP contribution in [0, 0.1) is 6.92 Å². The summed E-state index contributed by atoms with van der Waals surface area (Å²) >= 11 is 1.52. The van der Waals surface area contributed by atoms with Crippen molar-refractivity contribution in [1.82, 2.24) is 15.5 Å². The minimum absolute atomic E-state index is 0. The van der Waals surface area contributed by atoms with Crippen molar-refractivity contribution in [2.45, 2.75) is 51.1 Å². The number of likely N-dealkylation sites (tertiary alicyclic amines) is 1. The number of hydrogen-bond acceptors (Lipinski definition) is 4. The van der Waals surface area contributed by atoms with Crippen LogP contribution < -0.4 is 10.6 Å². The Morgan fingerprint density at radius 1 is 1.29 bits per heavy atom. The van der Waals surface area contributed by atoms with Gasteiger partial charge >= 0.3 is 0 Å². The second-order valence-electron chi connectivity index (χ2n) is 6.54. The summed E-state index contributed by atoms with van der Waals surface area (Å²) < 4.78 is 0. The van der Waals surface area contributed by atoms with Crippen molar-refractivity contribution in [2.24, 2.45) is 0 Å². The highest BCUT2D eigenvalue weighted by Crippen LogP contribution is 2.18. The van der Waals surface area contributed by atoms with E-state index in [1.54, 1.807) is 0 Å². The molecule has 1 aromatic heterocycles. The predicted molar refractivity (Wildman–Crippen MR) is 99.0 cm³/mol. The van der Waals surface area contributed by atoms with Crippen LogP contribution in [-0.2, 0) is 4.79 Å². The number of nitrogens with one attached hydrogen (secondary N) is 2. The molecular formula is C17H26ClN3O2S. The van der Waals surface area contributed by atoms with Crippen LogP contribution in [-0.4, -0.2) is 48.4 Å². The van der Waals surface area contributed by atoms with Crippen molar-refractivity contribution in [3.05, 3.63) is 21.9 Å². The third-order valence-electron chi connectivity index (χ3n) is 4.73. The van der Waals surface area contributed by atoms with Gasteiger partial charge in [-0.1, -0.05) is 0 Å². The van der Waals surface area contributed by atoms with Gasteiger partial charge in [0.05, 0.1) is 4.88 Å². The van der Waals surface area contributed by atoms with Crippen molar-refractivity contribution in [3.8, 4) is 0 Å². The number of nitrogens with zero attached hydrogens (tertiary/aromatic N) is 1. The van der Waals surface area contributed by atoms with E-state index in [4.69, 9.17) is 0 Å². The molecule has 1 atom stereocenters. The van der Waals surface area contributed by atoms with Gasteiger partial charge in [-0.15, -0.1) is 23.7 Å². The molecule has 3 rings (SSSR count). The molecule has 2 fully saturated rings. The number of carbonyl (C=O) groups is 2. The van der Waals surface area contributed by atoms with Gasteiger partial charge in [0.15, 0.2) is 0 Å². The van der Waals surface area contributed by atoms with E-state index < -0.39 is 0 Å². The average molecular weight is 372 g/mol. The number of halogens is 1. The molecule has 5 nitrogen and oxygen atoms in total. The molecule has 24 heavy (non-hydrogen) atoms. The summed E-state index contributed by atoms with van der Waals surface area (Å²) in [5, 5.41) is 6.48. The van der Waals surface area contributed by atoms with E-state index in [1.165, 1.54) is 17.8 Å². The zero-order valence-electron chi connectivity index (χ0n) is 14.0. The van der Waals surface area contributed by atoms with E-state index in [0.717, 1.165) is 48.7 Å². The molecule has 0 saturated carbocycles. The number of amides is 2. The van der Waals surface area contributed by atoms with Crippen molar-refractivity contribution in [1.29, 1.82) is 0 Å². The van der Waals surface area contributed by atoms with Gasteiger partial charge in [0.25, 0.3) is 5.91 Å². The summed E-state index contributed by atoms with van der Waals surface area (Å²) in [6, 6.07) is 4.39. The summed E-state index contributed by atoms with van der Waals surface area (Å²) in [5.41, 5.74) is 0. The quantitative estimate of drug-likeness (QED) is 0.854. The first-order valence-electron chi connectivity index (χ1n) is 8.50. The van der Waals surface area contributed by atoms with Gasteiger partial charge in [-0.3, -0.25) is 9.59 Å². The Morgan fingerprint density at radius 2 is 2.04 bits per heavy atom. The average Bonchev–Trinajstić information content (AvgIpc) is 3.19. The van der Waals surface area contributed by atoms with E-state index in [1.807, 2.05) is 24.0 Å². The Balaban J connectivity index is 0.00000208. The van der Waals surface area contributed by atoms with Crippen molar-refractivity contribution >= 4 is 35.6 Å². The zero-order chi connectivity index (χ0) is 16.2. The van der Waals surface area contributed by atoms with Crippen LogP contribution in [0.4, 0.5) is 0 Å². The highest BCUT2D eigenvalue weighted by atomic mass is 35.5. The van der Waals surface area contributed by atoms with Crippen LogP contribution in [0.2, 0.25) is 0 Å². The number of aryl methyl sites for hydroxylation is 1. The molecule has 134 valence electrons. The zero-order valence-corrected chi connectivity index (χ0v) is 15.7. The number of piperidine rings is 1. The molecule has 3 heterocycles. The van der Waals surface area contributed by atoms with Gasteiger partial charge in [-0.05, 0) is 51.3 Å². The van der Waals surface area contributed by atoms with Crippen molar-refractivity contribution in [2.75, 3.05) is 19.6 Å². The molecule has 0 radical (unpaired) electrons. The first-order chi connectivity index (χ1) is 11.1. The lowest BCUT2D eigenvalue weighted by Gasteiger charge is -2.33. The van der Waals surface area contributed by atoms with Gasteiger partial charge in [-0.2, -0.15) is 0 Å². The molecule has 2 N–H and O–H groups in total. The van der Waals surface area contributed by atoms with Crippen molar-refractivity contribution < 1.29 is 9.59 Å². The predicted octanol–water partition coefficient (Wildman–Crippen LogP) is 2.34. The fourth-order valence-electron chi connectivity index (χ4n) is 3.36. The molecule has 2 amide bonds. The molecule has 0 aromatic carbocycles. The van der Waals surface area contributed by atoms with E-state index >= 15 is 0 Å². The Bertz CT molecular complexity index is 564. The number of hydrogen-bond donors (Lipinski definition) is 2. The van der Waals surface area contributed by atoms with Crippen molar-refractivity contribution in [3.63, 3.8) is 0 Å². The fourth-order valence-corrected chi connectivity index (χ4v) is 4.13. The van der Waals surface area contributed by atoms with Crippen LogP contribution in [0.25, 0.3) is 0 Å². The molecule has 7 heteroatoms. The molecule has 2 saturated heterocycles. The van der Waals surface area contributed by atoms with E-state index in [-0.39, 0.29) is 30.3 Å². The lowest BCUT2D eigenvalue weighted by Crippen LogP contribution is -2.47. The smallest absolute Gasteiger partial charge is 0.261 e. The van der Waals surface area contributed by atoms with Gasteiger partial charge in [0.1, 0.15) is 0 Å². The topological polar surface area (TPSA) is 61.4 Å². The van der Waals surface area contributed by atoms with E-state index in [2.05, 4.69) is 10.6 Å². The largest absolute Gasteiger partial charge is 0.348 e. The van der Waals surface area contributed by atoms with Crippen LogP contribution in [0.15, 0.2) is 12.1 Å². The normalized spacial score (nSPS) is 21.4. The van der Waals surface area contributed by atoms with Gasteiger partial charge in [0.2, 0.25) is 5.91 Å². The van der Waals surface area contributed by atoms with E-state index in [0.29, 0.717) is 12.5 Å². The van der Waals surface area contributed by atoms with Crippen LogP contribution in [0.1, 0.15) is 46.7 Å². The SMILES string of the molecule is Cc1ccc(C(=O)NC2CCN(C(=O)CC3CCCN3)CC2)s1.Cl. The Morgan fingerprint density at radius 3 is 2.62 bits per heavy atom. The molecule has 0 spiro atoms. The van der Waals surface area contributed by atoms with Crippen LogP contribution >= 0.6 is 23.7 Å². The second kappa shape index (κ2) is 8.83. The van der Waals surface area contributed by atoms with Gasteiger partial charge in [-0.25, -0.2) is 0 Å². The lowest BCUT2D eigenvalue weighted by molar-refractivity contribution is -0.132. The highest BCUT2D eigenvalue weighted by molar-refractivity contribution is 7.13. The third-order valence-corrected chi connectivity index (χ3v) is 5.73. The maximum absolute atomic E-state index is 12.3. The lowest BCUT2D eigenvalue weighted by atomic mass is 10.0. The summed E-state index contributed by atoms with van der Waals surface area (Å²) in [6.45, 7) is 4.54. The second-order valence-corrected chi connectivity index (χ2v) is 7.82. The Hall–Kier alpha value is -1.11. The molecular weight excluding hydrogens is 346 g/mol. The molecule has 2 aliphatic heterocycles. The maximum Gasteiger partial charge on any atom is 0.261 e. The molecule has 1 aromatic rings. The summed E-state index contributed by atoms with van der Waals surface area (Å²) in [6.07, 6.45) is 4.60. The summed E-state index contributed by atoms with van der Waals surface area (Å²) in [4.78, 5) is 28.4. The summed E-state index contributed by atoms with van der Waals surface area (Å²) in [7, 11) is 0. The molecule has 0 bridgehead atoms. The summed E-state index contributed by atoms with van der Waals surface area (Å²) in [5.74, 6) is 0.270. The Labute approximate surface area is 153 Å². The standard InChI is InChI=1S/C17H25N3O2S.ClH/c1-12-4-5-15(23-12)17(22)19-13-6-9-20(10-7-13)16(21)11-14-3-2-8-18-14;/h4-5,13-14,18H,2-3,6-11H2,1H3,(H,19,22);1H. The van der Waals surface area contributed by atoms with Crippen LogP contribution in [0.3, 0.4) is 0 Å². The van der Waals surface area contributed by atoms with Gasteiger partial charge < -0.3 is 15.5 Å². The maximum atomic E-state index is 12.3. The molecule has 1 unspecified atom stereocenters. The first-order valence-corrected chi connectivity index (χ1v) is 9.32. The monoisotopic (exact) mass is 371 g/mol. The highest BCUT2D eigenvalue weighted by Gasteiger charge is 2.26. The number of carbonyl (C=O) groups excluding carboxylic acids is 2. The minimum Gasteiger partial charge on any atom is -0.348 e. The minimum atomic E-state index is 0. The van der Waals surface area contributed by atoms with Crippen LogP contribution in [0.5, 0.6) is 0 Å². The van der Waals surface area contributed by atoms with Gasteiger partial charge in [0, 0.05) is 36.5 Å². The first kappa shape index (κ1) is 19.2. The van der Waals surface area contributed by atoms with E-state index in [9.17, 15) is 9.59 Å². The molecule has 2 aliphatic rings. The number of rotatable bonds is 4. The third kappa shape index (κ3) is 4.94. The molecule has 0 aliphatic carbocycles.